The van der Waals surface area contributed by atoms with Crippen molar-refractivity contribution in [2.45, 2.75) is 0 Å². The molecule has 4 aromatic rings. The molecular weight excluding hydrogens is 448 g/mol. The Balaban J connectivity index is 1.67. The number of H-pyrrole nitrogens is 1. The number of amides is 1. The monoisotopic (exact) mass is 462 g/mol. The van der Waals surface area contributed by atoms with Gasteiger partial charge in [-0.3, -0.25) is 14.9 Å². The number of nitro groups is 1. The summed E-state index contributed by atoms with van der Waals surface area (Å²) in [5.74, 6) is -0.414. The normalized spacial score (nSPS) is 11.1. The van der Waals surface area contributed by atoms with E-state index in [1.165, 1.54) is 18.3 Å². The highest BCUT2D eigenvalue weighted by Gasteiger charge is 2.19. The largest absolute Gasteiger partial charge is 0.350 e. The van der Waals surface area contributed by atoms with Gasteiger partial charge in [0.25, 0.3) is 11.6 Å². The standard InChI is InChI=1S/C22H15BrN4O3/c23-16-9-10-19-18(12-16)20(15-6-2-1-3-7-15)21(25-19)22(28)26-24-13-14-5-4-8-17(11-14)27(29)30/h1-13,25H,(H,26,28). The lowest BCUT2D eigenvalue weighted by atomic mass is 10.0. The number of hydrogen-bond donors (Lipinski definition) is 2. The van der Waals surface area contributed by atoms with E-state index in [0.29, 0.717) is 11.3 Å². The van der Waals surface area contributed by atoms with Crippen molar-refractivity contribution < 1.29 is 9.72 Å². The Bertz CT molecular complexity index is 1280. The van der Waals surface area contributed by atoms with Crippen LogP contribution in [0.2, 0.25) is 0 Å². The number of non-ortho nitro benzene ring substituents is 1. The highest BCUT2D eigenvalue weighted by atomic mass is 79.9. The van der Waals surface area contributed by atoms with Crippen LogP contribution in [0, 0.1) is 10.1 Å². The zero-order chi connectivity index (χ0) is 21.1. The van der Waals surface area contributed by atoms with Crippen LogP contribution < -0.4 is 5.43 Å². The molecule has 30 heavy (non-hydrogen) atoms. The van der Waals surface area contributed by atoms with Gasteiger partial charge in [0.05, 0.1) is 11.1 Å². The fourth-order valence-corrected chi connectivity index (χ4v) is 3.54. The van der Waals surface area contributed by atoms with Gasteiger partial charge in [-0.15, -0.1) is 0 Å². The molecule has 0 aliphatic heterocycles. The van der Waals surface area contributed by atoms with Crippen molar-refractivity contribution in [2.24, 2.45) is 5.10 Å². The molecular formula is C22H15BrN4O3. The van der Waals surface area contributed by atoms with Crippen LogP contribution in [-0.2, 0) is 0 Å². The fraction of sp³-hybridized carbons (Fsp3) is 0. The van der Waals surface area contributed by atoms with Gasteiger partial charge in [-0.25, -0.2) is 5.43 Å². The number of halogens is 1. The molecule has 0 aliphatic carbocycles. The van der Waals surface area contributed by atoms with E-state index in [-0.39, 0.29) is 5.69 Å². The predicted molar refractivity (Wildman–Crippen MR) is 120 cm³/mol. The molecule has 0 bridgehead atoms. The van der Waals surface area contributed by atoms with Gasteiger partial charge in [-0.1, -0.05) is 58.4 Å². The van der Waals surface area contributed by atoms with Gasteiger partial charge in [0, 0.05) is 38.6 Å². The number of aromatic amines is 1. The van der Waals surface area contributed by atoms with Gasteiger partial charge in [0.1, 0.15) is 5.69 Å². The van der Waals surface area contributed by atoms with Crippen molar-refractivity contribution in [2.75, 3.05) is 0 Å². The highest BCUT2D eigenvalue weighted by Crippen LogP contribution is 2.34. The number of nitrogens with zero attached hydrogens (tertiary/aromatic N) is 2. The number of rotatable bonds is 5. The molecule has 0 spiro atoms. The number of carbonyl (C=O) groups excluding carboxylic acids is 1. The van der Waals surface area contributed by atoms with Gasteiger partial charge in [0.15, 0.2) is 0 Å². The minimum Gasteiger partial charge on any atom is -0.350 e. The van der Waals surface area contributed by atoms with Gasteiger partial charge >= 0.3 is 0 Å². The summed E-state index contributed by atoms with van der Waals surface area (Å²) in [7, 11) is 0. The van der Waals surface area contributed by atoms with Crippen molar-refractivity contribution in [1.82, 2.24) is 10.4 Å². The number of hydrogen-bond acceptors (Lipinski definition) is 4. The molecule has 0 fully saturated rings. The van der Waals surface area contributed by atoms with Crippen LogP contribution in [0.15, 0.2) is 82.4 Å². The number of benzene rings is 3. The molecule has 0 aliphatic rings. The van der Waals surface area contributed by atoms with Crippen LogP contribution >= 0.6 is 15.9 Å². The fourth-order valence-electron chi connectivity index (χ4n) is 3.18. The SMILES string of the molecule is O=C(NN=Cc1cccc([N+](=O)[O-])c1)c1[nH]c2ccc(Br)cc2c1-c1ccccc1. The summed E-state index contributed by atoms with van der Waals surface area (Å²) < 4.78 is 0.904. The molecule has 7 nitrogen and oxygen atoms in total. The summed E-state index contributed by atoms with van der Waals surface area (Å²) >= 11 is 3.48. The smallest absolute Gasteiger partial charge is 0.288 e. The predicted octanol–water partition coefficient (Wildman–Crippen LogP) is 5.27. The molecule has 0 unspecified atom stereocenters. The third-order valence-corrected chi connectivity index (χ3v) is 5.00. The number of nitrogens with one attached hydrogen (secondary N) is 2. The van der Waals surface area contributed by atoms with Crippen molar-refractivity contribution >= 4 is 44.6 Å². The molecule has 1 aromatic heterocycles. The molecule has 2 N–H and O–H groups in total. The van der Waals surface area contributed by atoms with E-state index in [2.05, 4.69) is 31.4 Å². The van der Waals surface area contributed by atoms with Crippen LogP contribution in [0.1, 0.15) is 16.1 Å². The summed E-state index contributed by atoms with van der Waals surface area (Å²) in [6, 6.07) is 21.4. The van der Waals surface area contributed by atoms with Gasteiger partial charge < -0.3 is 4.98 Å². The molecule has 8 heteroatoms. The number of aromatic nitrogens is 1. The van der Waals surface area contributed by atoms with E-state index in [0.717, 1.165) is 26.5 Å². The van der Waals surface area contributed by atoms with Crippen LogP contribution in [0.3, 0.4) is 0 Å². The zero-order valence-electron chi connectivity index (χ0n) is 15.5. The topological polar surface area (TPSA) is 100 Å². The molecule has 0 radical (unpaired) electrons. The molecule has 0 saturated carbocycles. The quantitative estimate of drug-likeness (QED) is 0.240. The van der Waals surface area contributed by atoms with Crippen LogP contribution in [-0.4, -0.2) is 22.0 Å². The van der Waals surface area contributed by atoms with Crippen LogP contribution in [0.4, 0.5) is 5.69 Å². The Kier molecular flexibility index (Phi) is 5.40. The molecule has 0 saturated heterocycles. The van der Waals surface area contributed by atoms with Gasteiger partial charge in [-0.2, -0.15) is 5.10 Å². The Labute approximate surface area is 179 Å². The average Bonchev–Trinajstić information content (AvgIpc) is 3.13. The Hall–Kier alpha value is -3.78. The van der Waals surface area contributed by atoms with E-state index in [4.69, 9.17) is 0 Å². The lowest BCUT2D eigenvalue weighted by Crippen LogP contribution is -2.18. The van der Waals surface area contributed by atoms with Crippen molar-refractivity contribution in [3.8, 4) is 11.1 Å². The third kappa shape index (κ3) is 3.99. The maximum absolute atomic E-state index is 12.9. The average molecular weight is 463 g/mol. The lowest BCUT2D eigenvalue weighted by molar-refractivity contribution is -0.384. The van der Waals surface area contributed by atoms with E-state index < -0.39 is 10.8 Å². The summed E-state index contributed by atoms with van der Waals surface area (Å²) in [5.41, 5.74) is 5.84. The number of hydrazone groups is 1. The van der Waals surface area contributed by atoms with E-state index in [1.54, 1.807) is 12.1 Å². The maximum Gasteiger partial charge on any atom is 0.288 e. The first-order valence-electron chi connectivity index (χ1n) is 8.97. The maximum atomic E-state index is 12.9. The summed E-state index contributed by atoms with van der Waals surface area (Å²) in [6.45, 7) is 0. The van der Waals surface area contributed by atoms with Crippen molar-refractivity contribution in [3.05, 3.63) is 98.6 Å². The number of carbonyl (C=O) groups is 1. The highest BCUT2D eigenvalue weighted by molar-refractivity contribution is 9.10. The lowest BCUT2D eigenvalue weighted by Gasteiger charge is -2.04. The van der Waals surface area contributed by atoms with E-state index >= 15 is 0 Å². The minimum atomic E-state index is -0.481. The molecule has 4 rings (SSSR count). The first-order chi connectivity index (χ1) is 14.5. The Morgan fingerprint density at radius 3 is 2.63 bits per heavy atom. The zero-order valence-corrected chi connectivity index (χ0v) is 17.1. The molecule has 1 amide bonds. The molecule has 0 atom stereocenters. The minimum absolute atomic E-state index is 0.0437. The number of nitro benzene ring substituents is 1. The van der Waals surface area contributed by atoms with E-state index in [9.17, 15) is 14.9 Å². The molecule has 1 heterocycles. The summed E-state index contributed by atoms with van der Waals surface area (Å²) in [5, 5.41) is 15.8. The second-order valence-electron chi connectivity index (χ2n) is 6.48. The molecule has 148 valence electrons. The molecule has 3 aromatic carbocycles. The van der Waals surface area contributed by atoms with Gasteiger partial charge in [-0.05, 0) is 23.8 Å². The van der Waals surface area contributed by atoms with Crippen LogP contribution in [0.5, 0.6) is 0 Å². The number of fused-ring (bicyclic) bond motifs is 1. The Morgan fingerprint density at radius 1 is 1.07 bits per heavy atom. The third-order valence-electron chi connectivity index (χ3n) is 4.51. The van der Waals surface area contributed by atoms with Crippen molar-refractivity contribution in [3.63, 3.8) is 0 Å². The Morgan fingerprint density at radius 2 is 1.87 bits per heavy atom. The first-order valence-corrected chi connectivity index (χ1v) is 9.77. The van der Waals surface area contributed by atoms with Crippen LogP contribution in [0.25, 0.3) is 22.0 Å². The van der Waals surface area contributed by atoms with Gasteiger partial charge in [0.2, 0.25) is 0 Å². The summed E-state index contributed by atoms with van der Waals surface area (Å²) in [4.78, 5) is 26.5. The summed E-state index contributed by atoms with van der Waals surface area (Å²) in [6.07, 6.45) is 1.37. The first kappa shape index (κ1) is 19.5. The van der Waals surface area contributed by atoms with Crippen molar-refractivity contribution in [1.29, 1.82) is 0 Å². The second-order valence-corrected chi connectivity index (χ2v) is 7.40. The second kappa shape index (κ2) is 8.30. The van der Waals surface area contributed by atoms with E-state index in [1.807, 2.05) is 48.5 Å².